The maximum absolute atomic E-state index is 6.38. The Morgan fingerprint density at radius 3 is 2.60 bits per heavy atom. The minimum absolute atomic E-state index is 0.227. The summed E-state index contributed by atoms with van der Waals surface area (Å²) in [6.07, 6.45) is 13.1. The molecule has 1 spiro atoms. The molecule has 1 heterocycles. The second kappa shape index (κ2) is 6.62. The summed E-state index contributed by atoms with van der Waals surface area (Å²) < 4.78 is 6.38. The number of rotatable bonds is 5. The van der Waals surface area contributed by atoms with Crippen LogP contribution < -0.4 is 5.32 Å². The summed E-state index contributed by atoms with van der Waals surface area (Å²) in [5, 5.41) is 3.53. The zero-order chi connectivity index (χ0) is 14.6. The van der Waals surface area contributed by atoms with E-state index in [1.807, 2.05) is 0 Å². The Kier molecular flexibility index (Phi) is 5.30. The van der Waals surface area contributed by atoms with Crippen molar-refractivity contribution in [3.63, 3.8) is 0 Å². The summed E-state index contributed by atoms with van der Waals surface area (Å²) in [5.74, 6) is 0. The van der Waals surface area contributed by atoms with Gasteiger partial charge in [-0.1, -0.05) is 24.5 Å². The van der Waals surface area contributed by atoms with Gasteiger partial charge in [-0.05, 0) is 72.8 Å². The number of ether oxygens (including phenoxy) is 1. The highest BCUT2D eigenvalue weighted by Crippen LogP contribution is 2.44. The molecule has 1 saturated carbocycles. The summed E-state index contributed by atoms with van der Waals surface area (Å²) in [5.41, 5.74) is 2.02. The summed E-state index contributed by atoms with van der Waals surface area (Å²) in [6.45, 7) is 9.99. The third-order valence-corrected chi connectivity index (χ3v) is 4.70. The molecule has 2 nitrogen and oxygen atoms in total. The molecule has 20 heavy (non-hydrogen) atoms. The lowest BCUT2D eigenvalue weighted by molar-refractivity contribution is -0.0354. The maximum Gasteiger partial charge on any atom is 0.0687 e. The molecular formula is C18H33NO. The fourth-order valence-electron chi connectivity index (χ4n) is 3.63. The highest BCUT2D eigenvalue weighted by Gasteiger charge is 2.41. The molecule has 2 heteroatoms. The van der Waals surface area contributed by atoms with Gasteiger partial charge in [0.15, 0.2) is 0 Å². The molecule has 0 bridgehead atoms. The Hall–Kier alpha value is -0.340. The van der Waals surface area contributed by atoms with Gasteiger partial charge in [0.2, 0.25) is 0 Å². The molecule has 1 aliphatic heterocycles. The van der Waals surface area contributed by atoms with Gasteiger partial charge in [-0.2, -0.15) is 0 Å². The van der Waals surface area contributed by atoms with Gasteiger partial charge in [0.1, 0.15) is 0 Å². The van der Waals surface area contributed by atoms with Crippen LogP contribution in [-0.2, 0) is 4.74 Å². The molecule has 0 aromatic carbocycles. The van der Waals surface area contributed by atoms with Crippen molar-refractivity contribution in [1.82, 2.24) is 5.32 Å². The minimum Gasteiger partial charge on any atom is -0.371 e. The Labute approximate surface area is 125 Å². The summed E-state index contributed by atoms with van der Waals surface area (Å²) in [7, 11) is 0. The molecule has 2 fully saturated rings. The normalized spacial score (nSPS) is 26.6. The van der Waals surface area contributed by atoms with E-state index in [-0.39, 0.29) is 5.54 Å². The van der Waals surface area contributed by atoms with E-state index in [9.17, 15) is 0 Å². The van der Waals surface area contributed by atoms with Gasteiger partial charge in [0.25, 0.3) is 0 Å². The van der Waals surface area contributed by atoms with E-state index >= 15 is 0 Å². The van der Waals surface area contributed by atoms with Crippen molar-refractivity contribution >= 4 is 0 Å². The second-order valence-corrected chi connectivity index (χ2v) is 7.89. The Balaban J connectivity index is 1.68. The Bertz CT molecular complexity index is 334. The molecule has 1 saturated heterocycles. The van der Waals surface area contributed by atoms with Crippen LogP contribution in [0.5, 0.6) is 0 Å². The van der Waals surface area contributed by atoms with E-state index in [2.05, 4.69) is 39.1 Å². The molecular weight excluding hydrogens is 246 g/mol. The molecule has 0 aromatic heterocycles. The van der Waals surface area contributed by atoms with Crippen LogP contribution in [0.4, 0.5) is 0 Å². The number of nitrogens with one attached hydrogen (secondary N) is 1. The molecule has 116 valence electrons. The van der Waals surface area contributed by atoms with Crippen molar-refractivity contribution in [2.75, 3.05) is 6.54 Å². The first-order valence-corrected chi connectivity index (χ1v) is 8.47. The van der Waals surface area contributed by atoms with Gasteiger partial charge in [0, 0.05) is 5.54 Å². The molecule has 0 radical (unpaired) electrons. The lowest BCUT2D eigenvalue weighted by atomic mass is 9.97. The van der Waals surface area contributed by atoms with Gasteiger partial charge in [-0.3, -0.25) is 0 Å². The Morgan fingerprint density at radius 2 is 1.95 bits per heavy atom. The largest absolute Gasteiger partial charge is 0.371 e. The Morgan fingerprint density at radius 1 is 1.25 bits per heavy atom. The van der Waals surface area contributed by atoms with Crippen LogP contribution in [0.1, 0.15) is 79.1 Å². The van der Waals surface area contributed by atoms with Crippen LogP contribution in [0.3, 0.4) is 0 Å². The third-order valence-electron chi connectivity index (χ3n) is 4.70. The van der Waals surface area contributed by atoms with Gasteiger partial charge in [0.05, 0.1) is 11.7 Å². The van der Waals surface area contributed by atoms with Crippen LogP contribution >= 0.6 is 0 Å². The minimum atomic E-state index is 0.227. The summed E-state index contributed by atoms with van der Waals surface area (Å²) >= 11 is 0. The van der Waals surface area contributed by atoms with E-state index < -0.39 is 0 Å². The van der Waals surface area contributed by atoms with Crippen LogP contribution in [0.2, 0.25) is 0 Å². The van der Waals surface area contributed by atoms with Crippen molar-refractivity contribution in [2.24, 2.45) is 0 Å². The topological polar surface area (TPSA) is 21.3 Å². The SMILES string of the molecule is CC(=CCCNC(C)(C)C)CC1CCC2(CCCC2)O1. The first kappa shape index (κ1) is 16.0. The fraction of sp³-hybridized carbons (Fsp3) is 0.889. The lowest BCUT2D eigenvalue weighted by Crippen LogP contribution is -2.36. The van der Waals surface area contributed by atoms with E-state index in [1.54, 1.807) is 0 Å². The van der Waals surface area contributed by atoms with Crippen LogP contribution in [0, 0.1) is 0 Å². The predicted molar refractivity (Wildman–Crippen MR) is 86.1 cm³/mol. The maximum atomic E-state index is 6.38. The molecule has 0 aromatic rings. The smallest absolute Gasteiger partial charge is 0.0687 e. The average Bonchev–Trinajstić information content (AvgIpc) is 2.95. The molecule has 1 atom stereocenters. The summed E-state index contributed by atoms with van der Waals surface area (Å²) in [6, 6.07) is 0. The second-order valence-electron chi connectivity index (χ2n) is 7.89. The molecule has 0 amide bonds. The molecule has 1 N–H and O–H groups in total. The molecule has 2 rings (SSSR count). The van der Waals surface area contributed by atoms with Crippen molar-refractivity contribution in [1.29, 1.82) is 0 Å². The van der Waals surface area contributed by atoms with Gasteiger partial charge < -0.3 is 10.1 Å². The third kappa shape index (κ3) is 4.89. The molecule has 2 aliphatic rings. The van der Waals surface area contributed by atoms with Crippen LogP contribution in [0.25, 0.3) is 0 Å². The van der Waals surface area contributed by atoms with Crippen LogP contribution in [-0.4, -0.2) is 23.8 Å². The van der Waals surface area contributed by atoms with Crippen molar-refractivity contribution in [3.05, 3.63) is 11.6 Å². The zero-order valence-corrected chi connectivity index (χ0v) is 13.9. The molecule has 1 unspecified atom stereocenters. The van der Waals surface area contributed by atoms with Gasteiger partial charge in [-0.25, -0.2) is 0 Å². The number of hydrogen-bond donors (Lipinski definition) is 1. The number of hydrogen-bond acceptors (Lipinski definition) is 2. The van der Waals surface area contributed by atoms with E-state index in [0.29, 0.717) is 11.7 Å². The first-order valence-electron chi connectivity index (χ1n) is 8.47. The van der Waals surface area contributed by atoms with E-state index in [4.69, 9.17) is 4.74 Å². The first-order chi connectivity index (χ1) is 9.39. The van der Waals surface area contributed by atoms with Crippen molar-refractivity contribution in [2.45, 2.75) is 96.3 Å². The lowest BCUT2D eigenvalue weighted by Gasteiger charge is -2.24. The van der Waals surface area contributed by atoms with E-state index in [1.165, 1.54) is 44.1 Å². The van der Waals surface area contributed by atoms with Gasteiger partial charge >= 0.3 is 0 Å². The quantitative estimate of drug-likeness (QED) is 0.587. The molecule has 1 aliphatic carbocycles. The summed E-state index contributed by atoms with van der Waals surface area (Å²) in [4.78, 5) is 0. The van der Waals surface area contributed by atoms with Crippen LogP contribution in [0.15, 0.2) is 11.6 Å². The van der Waals surface area contributed by atoms with Gasteiger partial charge in [-0.15, -0.1) is 0 Å². The standard InChI is InChI=1S/C18H33NO/c1-15(8-7-13-19-17(2,3)4)14-16-9-12-18(20-16)10-5-6-11-18/h8,16,19H,5-7,9-14H2,1-4H3. The fourth-order valence-corrected chi connectivity index (χ4v) is 3.63. The highest BCUT2D eigenvalue weighted by molar-refractivity contribution is 5.03. The van der Waals surface area contributed by atoms with Crippen molar-refractivity contribution in [3.8, 4) is 0 Å². The highest BCUT2D eigenvalue weighted by atomic mass is 16.5. The predicted octanol–water partition coefficient (Wildman–Crippen LogP) is 4.59. The van der Waals surface area contributed by atoms with Crippen molar-refractivity contribution < 1.29 is 4.74 Å². The zero-order valence-electron chi connectivity index (χ0n) is 13.9. The average molecular weight is 279 g/mol. The monoisotopic (exact) mass is 279 g/mol. The van der Waals surface area contributed by atoms with E-state index in [0.717, 1.165) is 19.4 Å².